The zero-order valence-corrected chi connectivity index (χ0v) is 8.09. The number of halogens is 5. The van der Waals surface area contributed by atoms with Crippen LogP contribution in [0.5, 0.6) is 0 Å². The maximum absolute atomic E-state index is 12.8. The van der Waals surface area contributed by atoms with Crippen LogP contribution in [0.2, 0.25) is 0 Å². The highest BCUT2D eigenvalue weighted by molar-refractivity contribution is 5.32. The Morgan fingerprint density at radius 1 is 1.06 bits per heavy atom. The van der Waals surface area contributed by atoms with E-state index in [1.807, 2.05) is 0 Å². The first-order valence-corrected chi connectivity index (χ1v) is 4.38. The van der Waals surface area contributed by atoms with Crippen LogP contribution in [0.15, 0.2) is 24.3 Å². The Morgan fingerprint density at radius 2 is 1.65 bits per heavy atom. The van der Waals surface area contributed by atoms with Gasteiger partial charge in [-0.2, -0.15) is 18.3 Å². The Kier molecular flexibility index (Phi) is 2.60. The molecular formula is C10H4F5N2. The monoisotopic (exact) mass is 247 g/mol. The van der Waals surface area contributed by atoms with Crippen LogP contribution >= 0.6 is 0 Å². The molecule has 7 heteroatoms. The first-order valence-electron chi connectivity index (χ1n) is 4.38. The third-order valence-corrected chi connectivity index (χ3v) is 1.91. The van der Waals surface area contributed by atoms with Crippen molar-refractivity contribution in [1.82, 2.24) is 9.78 Å². The van der Waals surface area contributed by atoms with Gasteiger partial charge in [0.1, 0.15) is 11.6 Å². The van der Waals surface area contributed by atoms with Crippen LogP contribution in [0.1, 0.15) is 5.69 Å². The fourth-order valence-electron chi connectivity index (χ4n) is 1.22. The zero-order chi connectivity index (χ0) is 12.6. The van der Waals surface area contributed by atoms with E-state index in [9.17, 15) is 22.0 Å². The van der Waals surface area contributed by atoms with E-state index in [1.54, 1.807) is 0 Å². The average Bonchev–Trinajstić information content (AvgIpc) is 2.63. The highest BCUT2D eigenvalue weighted by Crippen LogP contribution is 2.27. The van der Waals surface area contributed by atoms with Gasteiger partial charge in [-0.15, -0.1) is 0 Å². The summed E-state index contributed by atoms with van der Waals surface area (Å²) in [6.07, 6.45) is -2.48. The standard InChI is InChI=1S/C10H4F5N2/c11-6-3-7(12)5-8(4-6)17-2-1-9(16-17)10(13,14)15/h1,3-5H. The lowest BCUT2D eigenvalue weighted by molar-refractivity contribution is -0.141. The minimum atomic E-state index is -4.62. The topological polar surface area (TPSA) is 17.8 Å². The van der Waals surface area contributed by atoms with E-state index in [2.05, 4.69) is 11.3 Å². The number of hydrogen-bond acceptors (Lipinski definition) is 1. The minimum Gasteiger partial charge on any atom is -0.231 e. The molecule has 0 N–H and O–H groups in total. The molecule has 0 aliphatic heterocycles. The molecule has 1 aromatic carbocycles. The van der Waals surface area contributed by atoms with E-state index in [0.29, 0.717) is 16.8 Å². The average molecular weight is 247 g/mol. The van der Waals surface area contributed by atoms with Crippen molar-refractivity contribution >= 4 is 0 Å². The Labute approximate surface area is 92.3 Å². The summed E-state index contributed by atoms with van der Waals surface area (Å²) >= 11 is 0. The van der Waals surface area contributed by atoms with Gasteiger partial charge in [-0.3, -0.25) is 0 Å². The summed E-state index contributed by atoms with van der Waals surface area (Å²) in [5, 5.41) is 3.14. The molecular weight excluding hydrogens is 243 g/mol. The molecule has 0 spiro atoms. The first-order chi connectivity index (χ1) is 7.86. The molecule has 0 saturated carbocycles. The summed E-state index contributed by atoms with van der Waals surface area (Å²) in [4.78, 5) is 0. The van der Waals surface area contributed by atoms with Crippen molar-refractivity contribution in [2.75, 3.05) is 0 Å². The van der Waals surface area contributed by atoms with Crippen molar-refractivity contribution in [2.24, 2.45) is 0 Å². The van der Waals surface area contributed by atoms with Gasteiger partial charge in [0.15, 0.2) is 5.69 Å². The van der Waals surface area contributed by atoms with Crippen molar-refractivity contribution in [1.29, 1.82) is 0 Å². The van der Waals surface area contributed by atoms with Crippen LogP contribution in [0.3, 0.4) is 0 Å². The summed E-state index contributed by atoms with van der Waals surface area (Å²) in [6, 6.07) is 2.92. The van der Waals surface area contributed by atoms with Gasteiger partial charge in [-0.05, 0) is 18.2 Å². The highest BCUT2D eigenvalue weighted by atomic mass is 19.4. The Bertz CT molecular complexity index is 524. The van der Waals surface area contributed by atoms with Crippen LogP contribution in [0.25, 0.3) is 5.69 Å². The molecule has 17 heavy (non-hydrogen) atoms. The van der Waals surface area contributed by atoms with Crippen molar-refractivity contribution in [2.45, 2.75) is 6.18 Å². The normalized spacial score (nSPS) is 11.8. The van der Waals surface area contributed by atoms with Crippen LogP contribution in [0.4, 0.5) is 22.0 Å². The maximum atomic E-state index is 12.8. The van der Waals surface area contributed by atoms with Crippen molar-refractivity contribution in [3.63, 3.8) is 0 Å². The van der Waals surface area contributed by atoms with Gasteiger partial charge in [0.2, 0.25) is 0 Å². The molecule has 1 aromatic heterocycles. The second kappa shape index (κ2) is 3.83. The number of nitrogens with zero attached hydrogens (tertiary/aromatic N) is 2. The van der Waals surface area contributed by atoms with Crippen LogP contribution in [-0.4, -0.2) is 9.78 Å². The van der Waals surface area contributed by atoms with Gasteiger partial charge in [0.25, 0.3) is 0 Å². The summed E-state index contributed by atoms with van der Waals surface area (Å²) in [5.41, 5.74) is -1.35. The molecule has 2 nitrogen and oxygen atoms in total. The van der Waals surface area contributed by atoms with E-state index >= 15 is 0 Å². The third kappa shape index (κ3) is 2.43. The summed E-state index contributed by atoms with van der Waals surface area (Å²) in [7, 11) is 0. The molecule has 0 unspecified atom stereocenters. The molecule has 1 radical (unpaired) electrons. The number of aromatic nitrogens is 2. The lowest BCUT2D eigenvalue weighted by atomic mass is 10.3. The number of alkyl halides is 3. The number of benzene rings is 1. The molecule has 1 heterocycles. The van der Waals surface area contributed by atoms with Crippen molar-refractivity contribution in [3.8, 4) is 5.69 Å². The lowest BCUT2D eigenvalue weighted by Gasteiger charge is -2.03. The third-order valence-electron chi connectivity index (χ3n) is 1.91. The van der Waals surface area contributed by atoms with E-state index in [-0.39, 0.29) is 5.69 Å². The summed E-state index contributed by atoms with van der Waals surface area (Å²) in [6.45, 7) is 0. The van der Waals surface area contributed by atoms with E-state index in [1.165, 1.54) is 0 Å². The van der Waals surface area contributed by atoms with Gasteiger partial charge in [0, 0.05) is 6.07 Å². The molecule has 0 amide bonds. The second-order valence-corrected chi connectivity index (χ2v) is 3.20. The van der Waals surface area contributed by atoms with Gasteiger partial charge in [-0.25, -0.2) is 13.5 Å². The summed E-state index contributed by atoms with van der Waals surface area (Å²) in [5.74, 6) is -1.81. The second-order valence-electron chi connectivity index (χ2n) is 3.20. The largest absolute Gasteiger partial charge is 0.435 e. The molecule has 0 saturated heterocycles. The van der Waals surface area contributed by atoms with E-state index < -0.39 is 23.5 Å². The fraction of sp³-hybridized carbons (Fsp3) is 0.100. The van der Waals surface area contributed by atoms with Gasteiger partial charge < -0.3 is 0 Å². The van der Waals surface area contributed by atoms with Crippen molar-refractivity contribution < 1.29 is 22.0 Å². The quantitative estimate of drug-likeness (QED) is 0.708. The Morgan fingerprint density at radius 3 is 2.12 bits per heavy atom. The van der Waals surface area contributed by atoms with Gasteiger partial charge in [0.05, 0.1) is 11.9 Å². The molecule has 0 aliphatic carbocycles. The molecule has 0 bridgehead atoms. The molecule has 0 aliphatic rings. The van der Waals surface area contributed by atoms with E-state index in [0.717, 1.165) is 12.1 Å². The number of hydrogen-bond donors (Lipinski definition) is 0. The highest BCUT2D eigenvalue weighted by Gasteiger charge is 2.33. The Hall–Kier alpha value is -1.92. The van der Waals surface area contributed by atoms with Crippen LogP contribution in [-0.2, 0) is 6.18 Å². The molecule has 2 rings (SSSR count). The zero-order valence-electron chi connectivity index (χ0n) is 8.09. The predicted octanol–water partition coefficient (Wildman–Crippen LogP) is 2.97. The molecule has 0 fully saturated rings. The van der Waals surface area contributed by atoms with Crippen LogP contribution < -0.4 is 0 Å². The SMILES string of the molecule is Fc1cc(F)cc(-n2[c]cc(C(F)(F)F)n2)c1. The predicted molar refractivity (Wildman–Crippen MR) is 47.3 cm³/mol. The minimum absolute atomic E-state index is 0.169. The summed E-state index contributed by atoms with van der Waals surface area (Å²) < 4.78 is 63.0. The smallest absolute Gasteiger partial charge is 0.231 e. The van der Waals surface area contributed by atoms with E-state index in [4.69, 9.17) is 0 Å². The molecule has 2 aromatic rings. The van der Waals surface area contributed by atoms with Gasteiger partial charge in [-0.1, -0.05) is 0 Å². The molecule has 0 atom stereocenters. The van der Waals surface area contributed by atoms with Gasteiger partial charge >= 0.3 is 6.18 Å². The maximum Gasteiger partial charge on any atom is 0.435 e. The fourth-order valence-corrected chi connectivity index (χ4v) is 1.22. The number of rotatable bonds is 1. The molecule has 89 valence electrons. The van der Waals surface area contributed by atoms with Crippen LogP contribution in [0, 0.1) is 17.8 Å². The first kappa shape index (κ1) is 11.6. The van der Waals surface area contributed by atoms with Crippen molar-refractivity contribution in [3.05, 3.63) is 47.8 Å². The Balaban J connectivity index is 2.44. The lowest BCUT2D eigenvalue weighted by Crippen LogP contribution is -2.07.